The summed E-state index contributed by atoms with van der Waals surface area (Å²) in [5.41, 5.74) is 1.38. The Bertz CT molecular complexity index is 1220. The van der Waals surface area contributed by atoms with Gasteiger partial charge in [-0.1, -0.05) is 38.0 Å². The van der Waals surface area contributed by atoms with Crippen LogP contribution in [0, 0.1) is 0 Å². The lowest BCUT2D eigenvalue weighted by Crippen LogP contribution is -2.63. The van der Waals surface area contributed by atoms with Gasteiger partial charge < -0.3 is 29.4 Å². The molecule has 214 valence electrons. The minimum atomic E-state index is -0.979. The topological polar surface area (TPSA) is 93.0 Å². The van der Waals surface area contributed by atoms with Crippen molar-refractivity contribution in [2.75, 3.05) is 21.3 Å². The first-order valence-corrected chi connectivity index (χ1v) is 13.9. The van der Waals surface area contributed by atoms with Gasteiger partial charge in [0.1, 0.15) is 22.7 Å². The molecule has 1 aromatic carbocycles. The highest BCUT2D eigenvalue weighted by atomic mass is 16.5. The summed E-state index contributed by atoms with van der Waals surface area (Å²) in [5.74, 6) is 1.03. The number of ether oxygens (including phenoxy) is 2. The van der Waals surface area contributed by atoms with Crippen LogP contribution in [0.3, 0.4) is 0 Å². The van der Waals surface area contributed by atoms with Crippen LogP contribution < -0.4 is 14.8 Å². The molecule has 1 aliphatic heterocycles. The van der Waals surface area contributed by atoms with E-state index in [-0.39, 0.29) is 24.0 Å². The zero-order chi connectivity index (χ0) is 28.7. The first-order valence-electron chi connectivity index (χ1n) is 13.9. The molecule has 0 spiro atoms. The normalized spacial score (nSPS) is 20.6. The van der Waals surface area contributed by atoms with Gasteiger partial charge in [-0.2, -0.15) is 0 Å². The van der Waals surface area contributed by atoms with Crippen molar-refractivity contribution in [3.8, 4) is 11.5 Å². The number of likely N-dealkylation sites (N-methyl/N-ethyl adjacent to an activating group) is 1. The number of amides is 2. The summed E-state index contributed by atoms with van der Waals surface area (Å²) in [6.07, 6.45) is 12.3. The minimum absolute atomic E-state index is 0.107. The zero-order valence-corrected chi connectivity index (χ0v) is 24.5. The summed E-state index contributed by atoms with van der Waals surface area (Å²) in [6, 6.07) is 5.68. The third kappa shape index (κ3) is 6.49. The Morgan fingerprint density at radius 2 is 1.85 bits per heavy atom. The van der Waals surface area contributed by atoms with Crippen molar-refractivity contribution >= 4 is 22.7 Å². The van der Waals surface area contributed by atoms with E-state index in [9.17, 15) is 9.59 Å². The number of allylic oxidation sites excluding steroid dienone is 3. The summed E-state index contributed by atoms with van der Waals surface area (Å²) in [5, 5.41) is 13.0. The molecule has 39 heavy (non-hydrogen) atoms. The Morgan fingerprint density at radius 3 is 2.44 bits per heavy atom. The second-order valence-electron chi connectivity index (χ2n) is 10.7. The van der Waals surface area contributed by atoms with Gasteiger partial charge in [0, 0.05) is 18.5 Å². The number of aromatic nitrogens is 1. The van der Waals surface area contributed by atoms with E-state index in [2.05, 4.69) is 30.5 Å². The van der Waals surface area contributed by atoms with Crippen molar-refractivity contribution < 1.29 is 24.2 Å². The summed E-state index contributed by atoms with van der Waals surface area (Å²) in [4.78, 5) is 27.9. The second kappa shape index (κ2) is 13.2. The molecule has 0 saturated heterocycles. The summed E-state index contributed by atoms with van der Waals surface area (Å²) < 4.78 is 12.9. The molecule has 2 amide bonds. The predicted octanol–water partition coefficient (Wildman–Crippen LogP) is 5.23. The third-order valence-corrected chi connectivity index (χ3v) is 7.97. The first kappa shape index (κ1) is 30.3. The van der Waals surface area contributed by atoms with Crippen molar-refractivity contribution in [3.05, 3.63) is 47.7 Å². The smallest absolute Gasteiger partial charge is 0.271 e. The van der Waals surface area contributed by atoms with Gasteiger partial charge in [0.15, 0.2) is 0 Å². The quantitative estimate of drug-likeness (QED) is 0.448. The fourth-order valence-corrected chi connectivity index (χ4v) is 5.14. The first-order chi connectivity index (χ1) is 18.6. The van der Waals surface area contributed by atoms with Crippen LogP contribution in [0.2, 0.25) is 0 Å². The van der Waals surface area contributed by atoms with Gasteiger partial charge in [0.05, 0.1) is 32.4 Å². The Morgan fingerprint density at radius 1 is 1.21 bits per heavy atom. The molecule has 1 aliphatic carbocycles. The van der Waals surface area contributed by atoms with E-state index < -0.39 is 5.54 Å². The Labute approximate surface area is 232 Å². The highest BCUT2D eigenvalue weighted by Gasteiger charge is 2.46. The molecule has 2 atom stereocenters. The summed E-state index contributed by atoms with van der Waals surface area (Å²) >= 11 is 0. The number of carbonyl (C=O) groups is 2. The highest BCUT2D eigenvalue weighted by Crippen LogP contribution is 2.39. The maximum Gasteiger partial charge on any atom is 0.271 e. The molecular formula is C31H45N3O5. The van der Waals surface area contributed by atoms with Gasteiger partial charge in [-0.15, -0.1) is 0 Å². The van der Waals surface area contributed by atoms with E-state index in [0.717, 1.165) is 55.0 Å². The zero-order valence-electron chi connectivity index (χ0n) is 24.5. The number of fused-ring (bicyclic) bond motifs is 3. The molecule has 1 fully saturated rings. The monoisotopic (exact) mass is 539 g/mol. The largest absolute Gasteiger partial charge is 0.496 e. The molecule has 2 aromatic rings. The number of aliphatic hydroxyl groups excluding tert-OH is 1. The molecule has 1 saturated carbocycles. The number of benzene rings is 1. The summed E-state index contributed by atoms with van der Waals surface area (Å²) in [6.45, 7) is 8.04. The van der Waals surface area contributed by atoms with Crippen molar-refractivity contribution in [1.29, 1.82) is 0 Å². The Kier molecular flexibility index (Phi) is 10.2. The highest BCUT2D eigenvalue weighted by molar-refractivity contribution is 6.05. The fraction of sp³-hybridized carbons (Fsp3) is 0.548. The standard InChI is InChI=1S/C21H27N3O4.C10H18O/c1-21(20(26)22-13-7-5-6-8-13)12-24-15(19(25)23(21)2)11-14-16(27-3)9-10-17(28-4)18(14)24;1-4-5-6-7-8-9(2)10(3)11/h9-11,13H,5-8,12H2,1-4H3,(H,22,26);5-6,8,10-11H,4,7H2,1-3H3/b;6-5-,9-8-. The second-order valence-corrected chi connectivity index (χ2v) is 10.7. The Balaban J connectivity index is 0.000000325. The average Bonchev–Trinajstić information content (AvgIpc) is 3.57. The van der Waals surface area contributed by atoms with Crippen LogP contribution in [0.4, 0.5) is 0 Å². The lowest BCUT2D eigenvalue weighted by Gasteiger charge is -2.42. The Hall–Kier alpha value is -3.26. The minimum Gasteiger partial charge on any atom is -0.496 e. The maximum absolute atomic E-state index is 13.2. The van der Waals surface area contributed by atoms with E-state index in [1.165, 1.54) is 0 Å². The molecular weight excluding hydrogens is 494 g/mol. The number of methoxy groups -OCH3 is 2. The molecule has 2 unspecified atom stereocenters. The number of aliphatic hydroxyl groups is 1. The number of nitrogens with one attached hydrogen (secondary N) is 1. The van der Waals surface area contributed by atoms with E-state index in [4.69, 9.17) is 14.6 Å². The molecule has 2 N–H and O–H groups in total. The molecule has 4 rings (SSSR count). The molecule has 8 nitrogen and oxygen atoms in total. The van der Waals surface area contributed by atoms with Crippen molar-refractivity contribution in [3.63, 3.8) is 0 Å². The molecule has 0 bridgehead atoms. The van der Waals surface area contributed by atoms with Crippen LogP contribution in [-0.4, -0.2) is 65.3 Å². The van der Waals surface area contributed by atoms with E-state index in [1.54, 1.807) is 33.1 Å². The molecule has 2 heterocycles. The van der Waals surface area contributed by atoms with E-state index >= 15 is 0 Å². The van der Waals surface area contributed by atoms with Crippen LogP contribution in [0.25, 0.3) is 10.9 Å². The van der Waals surface area contributed by atoms with Crippen LogP contribution in [0.1, 0.15) is 76.7 Å². The van der Waals surface area contributed by atoms with Crippen molar-refractivity contribution in [2.45, 2.75) is 90.4 Å². The van der Waals surface area contributed by atoms with Gasteiger partial charge in [-0.05, 0) is 70.2 Å². The number of hydrogen-bond donors (Lipinski definition) is 2. The van der Waals surface area contributed by atoms with Crippen LogP contribution in [-0.2, 0) is 11.3 Å². The maximum atomic E-state index is 13.2. The SMILES string of the molecule is CC/C=C\C/C=C(/C)C(C)O.COc1ccc(OC)c2c1cc1n2CC(C)(C(=O)NC2CCCC2)N(C)C1=O. The van der Waals surface area contributed by atoms with E-state index in [0.29, 0.717) is 23.7 Å². The van der Waals surface area contributed by atoms with Gasteiger partial charge in [0.2, 0.25) is 5.91 Å². The average molecular weight is 540 g/mol. The summed E-state index contributed by atoms with van der Waals surface area (Å²) in [7, 11) is 4.90. The lowest BCUT2D eigenvalue weighted by molar-refractivity contribution is -0.132. The van der Waals surface area contributed by atoms with Crippen molar-refractivity contribution in [2.24, 2.45) is 0 Å². The van der Waals surface area contributed by atoms with Crippen molar-refractivity contribution in [1.82, 2.24) is 14.8 Å². The molecule has 2 aliphatic rings. The van der Waals surface area contributed by atoms with Gasteiger partial charge >= 0.3 is 0 Å². The molecule has 8 heteroatoms. The van der Waals surface area contributed by atoms with Crippen LogP contribution >= 0.6 is 0 Å². The lowest BCUT2D eigenvalue weighted by atomic mass is 9.95. The third-order valence-electron chi connectivity index (χ3n) is 7.97. The van der Waals surface area contributed by atoms with Crippen LogP contribution in [0.15, 0.2) is 42.0 Å². The van der Waals surface area contributed by atoms with Gasteiger partial charge in [-0.3, -0.25) is 9.59 Å². The number of hydrogen-bond acceptors (Lipinski definition) is 5. The number of rotatable bonds is 8. The van der Waals surface area contributed by atoms with E-state index in [1.807, 2.05) is 36.6 Å². The van der Waals surface area contributed by atoms with Gasteiger partial charge in [-0.25, -0.2) is 0 Å². The fourth-order valence-electron chi connectivity index (χ4n) is 5.14. The number of carbonyl (C=O) groups excluding carboxylic acids is 2. The molecule has 1 aromatic heterocycles. The number of nitrogens with zero attached hydrogens (tertiary/aromatic N) is 2. The predicted molar refractivity (Wildman–Crippen MR) is 155 cm³/mol. The van der Waals surface area contributed by atoms with Gasteiger partial charge in [0.25, 0.3) is 5.91 Å². The van der Waals surface area contributed by atoms with Crippen LogP contribution in [0.5, 0.6) is 11.5 Å². The molecule has 0 radical (unpaired) electrons.